The molecule has 0 saturated heterocycles. The van der Waals surface area contributed by atoms with Crippen LogP contribution in [0.4, 0.5) is 0 Å². The Labute approximate surface area is 103 Å². The Kier molecular flexibility index (Phi) is 3.99. The number of benzene rings is 1. The molecule has 1 unspecified atom stereocenters. The third-order valence-corrected chi connectivity index (χ3v) is 2.98. The van der Waals surface area contributed by atoms with Crippen molar-refractivity contribution in [2.75, 3.05) is 6.54 Å². The number of hydrogen-bond donors (Lipinski definition) is 1. The summed E-state index contributed by atoms with van der Waals surface area (Å²) in [5.41, 5.74) is 0.964. The van der Waals surface area contributed by atoms with E-state index in [4.69, 9.17) is 0 Å². The van der Waals surface area contributed by atoms with Crippen molar-refractivity contribution in [2.24, 2.45) is 5.92 Å². The summed E-state index contributed by atoms with van der Waals surface area (Å²) in [4.78, 5) is 2.04. The van der Waals surface area contributed by atoms with E-state index >= 15 is 0 Å². The highest BCUT2D eigenvalue weighted by Crippen LogP contribution is 2.17. The largest absolute Gasteiger partial charge is 0.387 e. The number of allylic oxidation sites excluding steroid dienone is 2. The zero-order valence-corrected chi connectivity index (χ0v) is 10.2. The lowest BCUT2D eigenvalue weighted by Gasteiger charge is -2.19. The predicted octanol–water partition coefficient (Wildman–Crippen LogP) is 3.09. The molecule has 0 aromatic heterocycles. The summed E-state index contributed by atoms with van der Waals surface area (Å²) in [7, 11) is 0. The number of aliphatic hydroxyl groups is 1. The van der Waals surface area contributed by atoms with Crippen LogP contribution < -0.4 is 0 Å². The normalized spacial score (nSPS) is 21.3. The minimum absolute atomic E-state index is 0.445. The van der Waals surface area contributed by atoms with E-state index in [2.05, 4.69) is 25.3 Å². The highest BCUT2D eigenvalue weighted by Gasteiger charge is 2.10. The molecule has 1 heterocycles. The highest BCUT2D eigenvalue weighted by atomic mass is 16.3. The van der Waals surface area contributed by atoms with Gasteiger partial charge in [-0.2, -0.15) is 0 Å². The quantitative estimate of drug-likeness (QED) is 0.861. The summed E-state index contributed by atoms with van der Waals surface area (Å²) >= 11 is 0. The van der Waals surface area contributed by atoms with Gasteiger partial charge in [-0.3, -0.25) is 0 Å². The maximum absolute atomic E-state index is 10.1. The van der Waals surface area contributed by atoms with Crippen LogP contribution in [-0.4, -0.2) is 16.6 Å². The molecule has 2 nitrogen and oxygen atoms in total. The third kappa shape index (κ3) is 3.46. The zero-order valence-electron chi connectivity index (χ0n) is 10.2. The molecule has 1 N–H and O–H groups in total. The van der Waals surface area contributed by atoms with Crippen molar-refractivity contribution in [3.05, 3.63) is 60.4 Å². The minimum Gasteiger partial charge on any atom is -0.387 e. The molecule has 1 aliphatic rings. The Morgan fingerprint density at radius 2 is 2.06 bits per heavy atom. The van der Waals surface area contributed by atoms with Crippen molar-refractivity contribution in [2.45, 2.75) is 19.4 Å². The van der Waals surface area contributed by atoms with Crippen LogP contribution in [0.2, 0.25) is 0 Å². The van der Waals surface area contributed by atoms with Crippen molar-refractivity contribution in [3.8, 4) is 0 Å². The zero-order chi connectivity index (χ0) is 12.1. The average molecular weight is 229 g/mol. The van der Waals surface area contributed by atoms with Crippen LogP contribution in [0.3, 0.4) is 0 Å². The predicted molar refractivity (Wildman–Crippen MR) is 70.2 cm³/mol. The van der Waals surface area contributed by atoms with E-state index in [1.807, 2.05) is 41.4 Å². The molecule has 2 rings (SSSR count). The van der Waals surface area contributed by atoms with E-state index in [0.29, 0.717) is 12.5 Å². The molecule has 17 heavy (non-hydrogen) atoms. The highest BCUT2D eigenvalue weighted by molar-refractivity contribution is 5.18. The molecular formula is C15H19NO. The summed E-state index contributed by atoms with van der Waals surface area (Å²) in [5.74, 6) is 0.574. The fourth-order valence-corrected chi connectivity index (χ4v) is 1.90. The Hall–Kier alpha value is -1.54. The first kappa shape index (κ1) is 11.9. The van der Waals surface area contributed by atoms with Gasteiger partial charge in [0.05, 0.1) is 12.6 Å². The van der Waals surface area contributed by atoms with Crippen LogP contribution >= 0.6 is 0 Å². The molecule has 0 aliphatic carbocycles. The summed E-state index contributed by atoms with van der Waals surface area (Å²) in [6.45, 7) is 2.79. The van der Waals surface area contributed by atoms with Gasteiger partial charge < -0.3 is 10.0 Å². The number of aliphatic hydroxyl groups excluding tert-OH is 1. The van der Waals surface area contributed by atoms with E-state index in [1.54, 1.807) is 0 Å². The smallest absolute Gasteiger partial charge is 0.0968 e. The SMILES string of the molecule is CC1C=CN(C[C@H](O)c2ccccc2)C=CC1. The van der Waals surface area contributed by atoms with Gasteiger partial charge >= 0.3 is 0 Å². The third-order valence-electron chi connectivity index (χ3n) is 2.98. The van der Waals surface area contributed by atoms with E-state index < -0.39 is 6.10 Å². The maximum atomic E-state index is 10.1. The van der Waals surface area contributed by atoms with E-state index in [-0.39, 0.29) is 0 Å². The monoisotopic (exact) mass is 229 g/mol. The molecule has 1 aromatic carbocycles. The van der Waals surface area contributed by atoms with Crippen LogP contribution in [0, 0.1) is 5.92 Å². The fourth-order valence-electron chi connectivity index (χ4n) is 1.90. The van der Waals surface area contributed by atoms with Gasteiger partial charge in [0.1, 0.15) is 0 Å². The second kappa shape index (κ2) is 5.69. The Balaban J connectivity index is 1.99. The van der Waals surface area contributed by atoms with Crippen LogP contribution in [0.5, 0.6) is 0 Å². The summed E-state index contributed by atoms with van der Waals surface area (Å²) in [6, 6.07) is 9.78. The second-order valence-corrected chi connectivity index (χ2v) is 4.56. The lowest BCUT2D eigenvalue weighted by Crippen LogP contribution is -2.18. The number of β-amino-alcohol motifs (C(OH)–C–C–N with tert-alkyl or cyclic N) is 1. The number of hydrogen-bond acceptors (Lipinski definition) is 2. The molecule has 0 amide bonds. The van der Waals surface area contributed by atoms with Gasteiger partial charge in [0.25, 0.3) is 0 Å². The molecule has 0 saturated carbocycles. The van der Waals surface area contributed by atoms with Gasteiger partial charge in [-0.15, -0.1) is 0 Å². The maximum Gasteiger partial charge on any atom is 0.0968 e. The van der Waals surface area contributed by atoms with Crippen molar-refractivity contribution < 1.29 is 5.11 Å². The van der Waals surface area contributed by atoms with Gasteiger partial charge in [-0.05, 0) is 30.3 Å². The summed E-state index contributed by atoms with van der Waals surface area (Å²) < 4.78 is 0. The molecular weight excluding hydrogens is 210 g/mol. The average Bonchev–Trinajstić information content (AvgIpc) is 2.56. The molecule has 0 bridgehead atoms. The van der Waals surface area contributed by atoms with E-state index in [9.17, 15) is 5.11 Å². The topological polar surface area (TPSA) is 23.5 Å². The molecule has 1 aromatic rings. The molecule has 0 fully saturated rings. The van der Waals surface area contributed by atoms with Gasteiger partial charge in [0.2, 0.25) is 0 Å². The van der Waals surface area contributed by atoms with Crippen LogP contribution in [0.25, 0.3) is 0 Å². The van der Waals surface area contributed by atoms with Gasteiger partial charge in [-0.1, -0.05) is 49.4 Å². The lowest BCUT2D eigenvalue weighted by atomic mass is 10.1. The first-order valence-corrected chi connectivity index (χ1v) is 6.09. The van der Waals surface area contributed by atoms with Crippen molar-refractivity contribution in [1.29, 1.82) is 0 Å². The van der Waals surface area contributed by atoms with Gasteiger partial charge in [0.15, 0.2) is 0 Å². The van der Waals surface area contributed by atoms with Crippen molar-refractivity contribution in [1.82, 2.24) is 4.90 Å². The molecule has 90 valence electrons. The summed E-state index contributed by atoms with van der Waals surface area (Å²) in [6.07, 6.45) is 9.06. The minimum atomic E-state index is -0.445. The van der Waals surface area contributed by atoms with Crippen molar-refractivity contribution in [3.63, 3.8) is 0 Å². The van der Waals surface area contributed by atoms with Gasteiger partial charge in [-0.25, -0.2) is 0 Å². The number of rotatable bonds is 3. The molecule has 0 radical (unpaired) electrons. The van der Waals surface area contributed by atoms with Crippen LogP contribution in [0.1, 0.15) is 25.0 Å². The fraction of sp³-hybridized carbons (Fsp3) is 0.333. The van der Waals surface area contributed by atoms with Crippen molar-refractivity contribution >= 4 is 0 Å². The van der Waals surface area contributed by atoms with Crippen LogP contribution in [-0.2, 0) is 0 Å². The second-order valence-electron chi connectivity index (χ2n) is 4.56. The van der Waals surface area contributed by atoms with Crippen LogP contribution in [0.15, 0.2) is 54.9 Å². The standard InChI is InChI=1S/C15H19NO/c1-13-6-5-10-16(11-9-13)12-15(17)14-7-3-2-4-8-14/h2-5,7-11,13,15,17H,6,12H2,1H3/t13?,15-/m0/s1. The van der Waals surface area contributed by atoms with Gasteiger partial charge in [0, 0.05) is 0 Å². The Bertz CT molecular complexity index is 397. The van der Waals surface area contributed by atoms with E-state index in [0.717, 1.165) is 12.0 Å². The first-order chi connectivity index (χ1) is 8.25. The molecule has 1 aliphatic heterocycles. The van der Waals surface area contributed by atoms with E-state index in [1.165, 1.54) is 0 Å². The lowest BCUT2D eigenvalue weighted by molar-refractivity contribution is 0.151. The Morgan fingerprint density at radius 1 is 1.29 bits per heavy atom. The Morgan fingerprint density at radius 3 is 2.82 bits per heavy atom. The molecule has 2 heteroatoms. The number of nitrogens with zero attached hydrogens (tertiary/aromatic N) is 1. The summed E-state index contributed by atoms with van der Waals surface area (Å²) in [5, 5.41) is 10.1. The first-order valence-electron chi connectivity index (χ1n) is 6.09. The molecule has 0 spiro atoms. The molecule has 2 atom stereocenters.